The smallest absolute Gasteiger partial charge is 0.306 e. The van der Waals surface area contributed by atoms with Gasteiger partial charge in [-0.25, -0.2) is 0 Å². The van der Waals surface area contributed by atoms with Crippen molar-refractivity contribution in [1.82, 2.24) is 0 Å². The lowest BCUT2D eigenvalue weighted by atomic mass is 9.99. The molecule has 0 bridgehead atoms. The predicted octanol–water partition coefficient (Wildman–Crippen LogP) is 4.37. The summed E-state index contributed by atoms with van der Waals surface area (Å²) in [6.45, 7) is 2.62. The number of aliphatic hydroxyl groups excluding tert-OH is 4. The standard InChI is InChI=1S/C34H54O10/c1-3-5-6-7-8-9-10-11-12-13-14-15-16-17-18-19-20-21-22-23-30(37)43-27(25-41-29(36)4-2)26-42-34-33(40)32(39)31(38)28(24-35)44-34/h5-6,8-9,11-12,14-15,17-18,27-28,31-35,38-40H,3-4,7,10,13,16,19-26H2,1-2H3/b6-5-,9-8-,12-11-,15-14-,18-17-. The number of aliphatic hydroxyl groups is 4. The molecule has 10 heteroatoms. The molecule has 0 aromatic carbocycles. The molecule has 0 saturated carbocycles. The Balaban J connectivity index is 2.27. The Morgan fingerprint density at radius 2 is 1.32 bits per heavy atom. The van der Waals surface area contributed by atoms with Gasteiger partial charge in [0, 0.05) is 12.8 Å². The third-order valence-corrected chi connectivity index (χ3v) is 6.72. The second-order valence-electron chi connectivity index (χ2n) is 10.5. The van der Waals surface area contributed by atoms with Gasteiger partial charge in [-0.05, 0) is 51.4 Å². The number of esters is 2. The van der Waals surface area contributed by atoms with Crippen LogP contribution in [-0.2, 0) is 28.5 Å². The summed E-state index contributed by atoms with van der Waals surface area (Å²) in [6.07, 6.45) is 22.0. The minimum Gasteiger partial charge on any atom is -0.462 e. The van der Waals surface area contributed by atoms with Crippen molar-refractivity contribution in [3.63, 3.8) is 0 Å². The molecule has 6 unspecified atom stereocenters. The van der Waals surface area contributed by atoms with E-state index in [1.807, 2.05) is 0 Å². The van der Waals surface area contributed by atoms with E-state index >= 15 is 0 Å². The SMILES string of the molecule is CC/C=C\C/C=C\C/C=C\C/C=C\C/C=C\CCCCCC(=O)OC(COC(=O)CC)COC1OC(CO)C(O)C(O)C1O. The summed E-state index contributed by atoms with van der Waals surface area (Å²) >= 11 is 0. The lowest BCUT2D eigenvalue weighted by Gasteiger charge is -2.39. The molecule has 4 N–H and O–H groups in total. The molecule has 250 valence electrons. The van der Waals surface area contributed by atoms with E-state index in [9.17, 15) is 30.0 Å². The topological polar surface area (TPSA) is 152 Å². The second kappa shape index (κ2) is 25.7. The fourth-order valence-corrected chi connectivity index (χ4v) is 4.13. The molecular weight excluding hydrogens is 568 g/mol. The average Bonchev–Trinajstić information content (AvgIpc) is 3.02. The maximum Gasteiger partial charge on any atom is 0.306 e. The summed E-state index contributed by atoms with van der Waals surface area (Å²) in [5.74, 6) is -0.955. The molecule has 1 aliphatic heterocycles. The van der Waals surface area contributed by atoms with Crippen LogP contribution in [0.3, 0.4) is 0 Å². The molecule has 44 heavy (non-hydrogen) atoms. The molecule has 1 aliphatic rings. The number of hydrogen-bond donors (Lipinski definition) is 4. The Kier molecular flexibility index (Phi) is 23.0. The molecule has 1 saturated heterocycles. The number of carbonyl (C=O) groups is 2. The fourth-order valence-electron chi connectivity index (χ4n) is 4.13. The highest BCUT2D eigenvalue weighted by atomic mass is 16.7. The summed E-state index contributed by atoms with van der Waals surface area (Å²) in [6, 6.07) is 0. The Labute approximate surface area is 262 Å². The molecule has 0 aromatic heterocycles. The average molecular weight is 623 g/mol. The summed E-state index contributed by atoms with van der Waals surface area (Å²) in [5, 5.41) is 39.3. The molecule has 0 spiro atoms. The highest BCUT2D eigenvalue weighted by Crippen LogP contribution is 2.22. The van der Waals surface area contributed by atoms with Gasteiger partial charge >= 0.3 is 11.9 Å². The second-order valence-corrected chi connectivity index (χ2v) is 10.5. The summed E-state index contributed by atoms with van der Waals surface area (Å²) in [4.78, 5) is 24.0. The predicted molar refractivity (Wildman–Crippen MR) is 168 cm³/mol. The van der Waals surface area contributed by atoms with Gasteiger partial charge in [0.25, 0.3) is 0 Å². The van der Waals surface area contributed by atoms with E-state index in [2.05, 4.69) is 67.7 Å². The maximum atomic E-state index is 12.4. The third kappa shape index (κ3) is 18.3. The molecule has 1 heterocycles. The Morgan fingerprint density at radius 1 is 0.727 bits per heavy atom. The van der Waals surface area contributed by atoms with E-state index in [1.165, 1.54) is 0 Å². The highest BCUT2D eigenvalue weighted by molar-refractivity contribution is 5.70. The van der Waals surface area contributed by atoms with Crippen LogP contribution in [0.5, 0.6) is 0 Å². The van der Waals surface area contributed by atoms with Gasteiger partial charge in [-0.2, -0.15) is 0 Å². The minimum atomic E-state index is -1.60. The van der Waals surface area contributed by atoms with Gasteiger partial charge in [0.15, 0.2) is 12.4 Å². The van der Waals surface area contributed by atoms with Crippen LogP contribution in [0.2, 0.25) is 0 Å². The number of rotatable bonds is 23. The lowest BCUT2D eigenvalue weighted by molar-refractivity contribution is -0.305. The molecule has 1 rings (SSSR count). The van der Waals surface area contributed by atoms with Gasteiger partial charge < -0.3 is 39.4 Å². The van der Waals surface area contributed by atoms with E-state index in [4.69, 9.17) is 18.9 Å². The third-order valence-electron chi connectivity index (χ3n) is 6.72. The summed E-state index contributed by atoms with van der Waals surface area (Å²) < 4.78 is 21.3. The zero-order chi connectivity index (χ0) is 32.4. The molecular formula is C34H54O10. The quantitative estimate of drug-likeness (QED) is 0.0734. The number of hydrogen-bond acceptors (Lipinski definition) is 10. The van der Waals surface area contributed by atoms with E-state index in [0.29, 0.717) is 6.42 Å². The Hall–Kier alpha value is -2.60. The van der Waals surface area contributed by atoms with Crippen molar-refractivity contribution < 1.29 is 49.0 Å². The van der Waals surface area contributed by atoms with Crippen LogP contribution >= 0.6 is 0 Å². The van der Waals surface area contributed by atoms with Gasteiger partial charge in [0.05, 0.1) is 13.2 Å². The van der Waals surface area contributed by atoms with Gasteiger partial charge in [-0.1, -0.05) is 81.0 Å². The van der Waals surface area contributed by atoms with Gasteiger partial charge in [0.2, 0.25) is 0 Å². The molecule has 0 radical (unpaired) electrons. The zero-order valence-corrected chi connectivity index (χ0v) is 26.4. The maximum absolute atomic E-state index is 12.4. The Morgan fingerprint density at radius 3 is 1.89 bits per heavy atom. The lowest BCUT2D eigenvalue weighted by Crippen LogP contribution is -2.59. The van der Waals surface area contributed by atoms with Crippen LogP contribution in [-0.4, -0.2) is 89.0 Å². The van der Waals surface area contributed by atoms with Crippen molar-refractivity contribution >= 4 is 11.9 Å². The van der Waals surface area contributed by atoms with Crippen LogP contribution in [0.1, 0.15) is 84.5 Å². The highest BCUT2D eigenvalue weighted by Gasteiger charge is 2.44. The number of ether oxygens (including phenoxy) is 4. The number of allylic oxidation sites excluding steroid dienone is 10. The molecule has 10 nitrogen and oxygen atoms in total. The van der Waals surface area contributed by atoms with E-state index in [-0.39, 0.29) is 26.1 Å². The van der Waals surface area contributed by atoms with Crippen molar-refractivity contribution in [3.05, 3.63) is 60.8 Å². The van der Waals surface area contributed by atoms with Crippen molar-refractivity contribution in [2.45, 2.75) is 121 Å². The zero-order valence-electron chi connectivity index (χ0n) is 26.4. The monoisotopic (exact) mass is 622 g/mol. The van der Waals surface area contributed by atoms with Gasteiger partial charge in [-0.3, -0.25) is 9.59 Å². The molecule has 0 aromatic rings. The summed E-state index contributed by atoms with van der Waals surface area (Å²) in [7, 11) is 0. The first-order valence-corrected chi connectivity index (χ1v) is 15.9. The first-order chi connectivity index (χ1) is 21.3. The van der Waals surface area contributed by atoms with Crippen LogP contribution in [0, 0.1) is 0 Å². The minimum absolute atomic E-state index is 0.145. The van der Waals surface area contributed by atoms with Crippen molar-refractivity contribution in [2.24, 2.45) is 0 Å². The first kappa shape index (κ1) is 39.4. The summed E-state index contributed by atoms with van der Waals surface area (Å²) in [5.41, 5.74) is 0. The van der Waals surface area contributed by atoms with Crippen molar-refractivity contribution in [1.29, 1.82) is 0 Å². The number of carbonyl (C=O) groups excluding carboxylic acids is 2. The van der Waals surface area contributed by atoms with Crippen molar-refractivity contribution in [3.8, 4) is 0 Å². The van der Waals surface area contributed by atoms with Crippen LogP contribution < -0.4 is 0 Å². The van der Waals surface area contributed by atoms with E-state index in [0.717, 1.165) is 51.4 Å². The van der Waals surface area contributed by atoms with E-state index < -0.39 is 55.4 Å². The largest absolute Gasteiger partial charge is 0.462 e. The van der Waals surface area contributed by atoms with Crippen LogP contribution in [0.15, 0.2) is 60.8 Å². The Bertz CT molecular complexity index is 908. The van der Waals surface area contributed by atoms with Gasteiger partial charge in [-0.15, -0.1) is 0 Å². The van der Waals surface area contributed by atoms with Crippen LogP contribution in [0.25, 0.3) is 0 Å². The fraction of sp³-hybridized carbons (Fsp3) is 0.647. The molecule has 0 amide bonds. The molecule has 0 aliphatic carbocycles. The first-order valence-electron chi connectivity index (χ1n) is 15.9. The molecule has 6 atom stereocenters. The van der Waals surface area contributed by atoms with Crippen LogP contribution in [0.4, 0.5) is 0 Å². The molecule has 1 fully saturated rings. The van der Waals surface area contributed by atoms with Gasteiger partial charge in [0.1, 0.15) is 31.0 Å². The van der Waals surface area contributed by atoms with Crippen molar-refractivity contribution in [2.75, 3.05) is 19.8 Å². The number of unbranched alkanes of at least 4 members (excludes halogenated alkanes) is 3. The van der Waals surface area contributed by atoms with E-state index in [1.54, 1.807) is 6.92 Å². The normalized spacial score (nSPS) is 23.5.